The molecule has 0 spiro atoms. The number of aromatic hydroxyl groups is 1. The minimum atomic E-state index is 0.148. The van der Waals surface area contributed by atoms with E-state index < -0.39 is 0 Å². The molecule has 1 N–H and O–H groups in total. The maximum Gasteiger partial charge on any atom is 0.124 e. The lowest BCUT2D eigenvalue weighted by Crippen LogP contribution is -1.83. The minimum Gasteiger partial charge on any atom is -0.507 e. The third-order valence-corrected chi connectivity index (χ3v) is 2.19. The van der Waals surface area contributed by atoms with Crippen molar-refractivity contribution in [2.45, 2.75) is 0 Å². The minimum absolute atomic E-state index is 0.148. The molecule has 0 amide bonds. The highest BCUT2D eigenvalue weighted by Crippen LogP contribution is 2.25. The summed E-state index contributed by atoms with van der Waals surface area (Å²) >= 11 is 0. The molecule has 2 heteroatoms. The van der Waals surface area contributed by atoms with E-state index in [1.54, 1.807) is 19.2 Å². The fourth-order valence-corrected chi connectivity index (χ4v) is 1.44. The predicted molar refractivity (Wildman–Crippen MR) is 58.9 cm³/mol. The Morgan fingerprint density at radius 2 is 1.93 bits per heavy atom. The number of benzene rings is 2. The van der Waals surface area contributed by atoms with Gasteiger partial charge in [0.1, 0.15) is 11.5 Å². The molecule has 2 aromatic carbocycles. The molecule has 0 aliphatic carbocycles. The van der Waals surface area contributed by atoms with Gasteiger partial charge in [-0.2, -0.15) is 0 Å². The van der Waals surface area contributed by atoms with Crippen LogP contribution in [0.4, 0.5) is 0 Å². The number of hydrogen-bond donors (Lipinski definition) is 1. The molecular formula is C13H11O2. The summed E-state index contributed by atoms with van der Waals surface area (Å²) in [7, 11) is 1.63. The van der Waals surface area contributed by atoms with Gasteiger partial charge in [0.25, 0.3) is 0 Å². The van der Waals surface area contributed by atoms with E-state index >= 15 is 0 Å². The Balaban J connectivity index is 2.44. The summed E-state index contributed by atoms with van der Waals surface area (Å²) in [6, 6.07) is 15.7. The van der Waals surface area contributed by atoms with E-state index in [0.29, 0.717) is 0 Å². The van der Waals surface area contributed by atoms with Gasteiger partial charge < -0.3 is 9.84 Å². The Kier molecular flexibility index (Phi) is 2.59. The SMILES string of the molecule is COc1cccc(-c2cc[c]c(O)c2)c1. The molecular weight excluding hydrogens is 188 g/mol. The third-order valence-electron chi connectivity index (χ3n) is 2.19. The Morgan fingerprint density at radius 1 is 1.13 bits per heavy atom. The van der Waals surface area contributed by atoms with Crippen LogP contribution in [0, 0.1) is 6.07 Å². The van der Waals surface area contributed by atoms with Crippen LogP contribution in [0.3, 0.4) is 0 Å². The largest absolute Gasteiger partial charge is 0.507 e. The average molecular weight is 199 g/mol. The van der Waals surface area contributed by atoms with Crippen molar-refractivity contribution in [3.05, 3.63) is 48.5 Å². The maximum atomic E-state index is 9.31. The lowest BCUT2D eigenvalue weighted by molar-refractivity contribution is 0.415. The van der Waals surface area contributed by atoms with Crippen LogP contribution in [0.5, 0.6) is 11.5 Å². The number of ether oxygens (including phenoxy) is 1. The summed E-state index contributed by atoms with van der Waals surface area (Å²) in [5.41, 5.74) is 1.96. The molecule has 0 saturated carbocycles. The second kappa shape index (κ2) is 4.05. The van der Waals surface area contributed by atoms with Crippen molar-refractivity contribution in [1.29, 1.82) is 0 Å². The van der Waals surface area contributed by atoms with Gasteiger partial charge >= 0.3 is 0 Å². The first kappa shape index (κ1) is 9.59. The first-order chi connectivity index (χ1) is 7.29. The summed E-state index contributed by atoms with van der Waals surface area (Å²) in [6.07, 6.45) is 0. The fourth-order valence-electron chi connectivity index (χ4n) is 1.44. The van der Waals surface area contributed by atoms with Crippen molar-refractivity contribution in [3.63, 3.8) is 0 Å². The molecule has 0 aromatic heterocycles. The molecule has 0 saturated heterocycles. The normalized spacial score (nSPS) is 9.93. The summed E-state index contributed by atoms with van der Waals surface area (Å²) in [6.45, 7) is 0. The van der Waals surface area contributed by atoms with E-state index in [1.165, 1.54) is 0 Å². The zero-order valence-corrected chi connectivity index (χ0v) is 8.40. The molecule has 2 rings (SSSR count). The summed E-state index contributed by atoms with van der Waals surface area (Å²) < 4.78 is 5.14. The Morgan fingerprint density at radius 3 is 2.67 bits per heavy atom. The molecule has 0 heterocycles. The monoisotopic (exact) mass is 199 g/mol. The second-order valence-electron chi connectivity index (χ2n) is 3.19. The average Bonchev–Trinajstić information content (AvgIpc) is 2.29. The maximum absolute atomic E-state index is 9.31. The Hall–Kier alpha value is -1.96. The molecule has 2 aromatic rings. The molecule has 75 valence electrons. The van der Waals surface area contributed by atoms with Crippen LogP contribution >= 0.6 is 0 Å². The summed E-state index contributed by atoms with van der Waals surface area (Å²) in [5, 5.41) is 9.31. The van der Waals surface area contributed by atoms with Crippen molar-refractivity contribution in [2.24, 2.45) is 0 Å². The first-order valence-corrected chi connectivity index (χ1v) is 4.65. The molecule has 0 aliphatic rings. The van der Waals surface area contributed by atoms with E-state index in [0.717, 1.165) is 16.9 Å². The number of methoxy groups -OCH3 is 1. The molecule has 0 bridgehead atoms. The van der Waals surface area contributed by atoms with Crippen LogP contribution in [0.2, 0.25) is 0 Å². The van der Waals surface area contributed by atoms with Crippen LogP contribution in [0.25, 0.3) is 11.1 Å². The number of rotatable bonds is 2. The number of hydrogen-bond acceptors (Lipinski definition) is 2. The smallest absolute Gasteiger partial charge is 0.124 e. The van der Waals surface area contributed by atoms with Crippen LogP contribution in [-0.2, 0) is 0 Å². The standard InChI is InChI=1S/C13H11O2/c1-15-13-7-3-5-11(9-13)10-4-2-6-12(14)8-10/h2-5,7-9,14H,1H3. The molecule has 15 heavy (non-hydrogen) atoms. The Labute approximate surface area is 88.8 Å². The zero-order valence-electron chi connectivity index (χ0n) is 8.40. The van der Waals surface area contributed by atoms with Crippen molar-refractivity contribution in [1.82, 2.24) is 0 Å². The molecule has 0 atom stereocenters. The van der Waals surface area contributed by atoms with Crippen LogP contribution in [-0.4, -0.2) is 12.2 Å². The molecule has 2 nitrogen and oxygen atoms in total. The van der Waals surface area contributed by atoms with Gasteiger partial charge in [-0.3, -0.25) is 0 Å². The van der Waals surface area contributed by atoms with Gasteiger partial charge in [-0.15, -0.1) is 0 Å². The van der Waals surface area contributed by atoms with Gasteiger partial charge in [-0.25, -0.2) is 0 Å². The van der Waals surface area contributed by atoms with Gasteiger partial charge in [0, 0.05) is 6.07 Å². The topological polar surface area (TPSA) is 29.5 Å². The summed E-state index contributed by atoms with van der Waals surface area (Å²) in [4.78, 5) is 0. The highest BCUT2D eigenvalue weighted by molar-refractivity contribution is 5.66. The summed E-state index contributed by atoms with van der Waals surface area (Å²) in [5.74, 6) is 0.954. The number of phenolic OH excluding ortho intramolecular Hbond substituents is 1. The molecule has 0 aliphatic heterocycles. The van der Waals surface area contributed by atoms with E-state index in [4.69, 9.17) is 4.74 Å². The van der Waals surface area contributed by atoms with Crippen molar-refractivity contribution < 1.29 is 9.84 Å². The van der Waals surface area contributed by atoms with Crippen LogP contribution in [0.1, 0.15) is 0 Å². The lowest BCUT2D eigenvalue weighted by Gasteiger charge is -2.04. The van der Waals surface area contributed by atoms with Gasteiger partial charge in [-0.05, 0) is 35.4 Å². The van der Waals surface area contributed by atoms with Crippen molar-refractivity contribution in [3.8, 4) is 22.6 Å². The Bertz CT molecular complexity index is 464. The van der Waals surface area contributed by atoms with Gasteiger partial charge in [-0.1, -0.05) is 18.2 Å². The van der Waals surface area contributed by atoms with E-state index in [9.17, 15) is 5.11 Å². The van der Waals surface area contributed by atoms with E-state index in [2.05, 4.69) is 6.07 Å². The van der Waals surface area contributed by atoms with Gasteiger partial charge in [0.2, 0.25) is 0 Å². The fraction of sp³-hybridized carbons (Fsp3) is 0.0769. The van der Waals surface area contributed by atoms with Crippen molar-refractivity contribution >= 4 is 0 Å². The van der Waals surface area contributed by atoms with E-state index in [1.807, 2.05) is 30.3 Å². The molecule has 0 fully saturated rings. The number of phenols is 1. The highest BCUT2D eigenvalue weighted by Gasteiger charge is 2.00. The first-order valence-electron chi connectivity index (χ1n) is 4.65. The van der Waals surface area contributed by atoms with Crippen LogP contribution < -0.4 is 4.74 Å². The van der Waals surface area contributed by atoms with E-state index in [-0.39, 0.29) is 5.75 Å². The highest BCUT2D eigenvalue weighted by atomic mass is 16.5. The van der Waals surface area contributed by atoms with Gasteiger partial charge in [0.05, 0.1) is 7.11 Å². The predicted octanol–water partition coefficient (Wildman–Crippen LogP) is 2.87. The molecule has 1 radical (unpaired) electrons. The zero-order chi connectivity index (χ0) is 10.7. The molecule has 0 unspecified atom stereocenters. The second-order valence-corrected chi connectivity index (χ2v) is 3.19. The third kappa shape index (κ3) is 2.10. The lowest BCUT2D eigenvalue weighted by atomic mass is 10.1. The quantitative estimate of drug-likeness (QED) is 0.805. The van der Waals surface area contributed by atoms with Crippen LogP contribution in [0.15, 0.2) is 42.5 Å². The van der Waals surface area contributed by atoms with Gasteiger partial charge in [0.15, 0.2) is 0 Å². The van der Waals surface area contributed by atoms with Crippen molar-refractivity contribution in [2.75, 3.05) is 7.11 Å².